The highest BCUT2D eigenvalue weighted by atomic mass is 79.9. The van der Waals surface area contributed by atoms with E-state index in [9.17, 15) is 9.59 Å². The van der Waals surface area contributed by atoms with Gasteiger partial charge >= 0.3 is 11.9 Å². The molecule has 7 heteroatoms. The zero-order chi connectivity index (χ0) is 14.0. The van der Waals surface area contributed by atoms with E-state index in [0.717, 1.165) is 0 Å². The van der Waals surface area contributed by atoms with Crippen molar-refractivity contribution in [2.45, 2.75) is 6.42 Å². The Kier molecular flexibility index (Phi) is 4.04. The maximum atomic E-state index is 11.5. The van der Waals surface area contributed by atoms with Crippen molar-refractivity contribution in [1.82, 2.24) is 4.98 Å². The van der Waals surface area contributed by atoms with Crippen LogP contribution >= 0.6 is 15.9 Å². The number of hydrogen-bond acceptors (Lipinski definition) is 5. The van der Waals surface area contributed by atoms with Crippen molar-refractivity contribution in [1.29, 1.82) is 0 Å². The number of nitrogens with zero attached hydrogens (tertiary/aromatic N) is 1. The van der Waals surface area contributed by atoms with Crippen molar-refractivity contribution in [2.24, 2.45) is 11.8 Å². The van der Waals surface area contributed by atoms with Gasteiger partial charge in [-0.1, -0.05) is 0 Å². The molecular weight excluding hydrogens is 318 g/mol. The molecule has 0 saturated heterocycles. The molecule has 1 aromatic heterocycles. The number of carbonyl (C=O) groups is 2. The summed E-state index contributed by atoms with van der Waals surface area (Å²) >= 11 is 3.16. The highest BCUT2D eigenvalue weighted by Gasteiger charge is 2.43. The van der Waals surface area contributed by atoms with Crippen LogP contribution in [-0.2, 0) is 9.53 Å². The zero-order valence-corrected chi connectivity index (χ0v) is 11.7. The van der Waals surface area contributed by atoms with Crippen molar-refractivity contribution >= 4 is 27.9 Å². The molecule has 1 aliphatic rings. The highest BCUT2D eigenvalue weighted by Crippen LogP contribution is 2.39. The second kappa shape index (κ2) is 5.56. The molecule has 19 heavy (non-hydrogen) atoms. The Balaban J connectivity index is 2.04. The Morgan fingerprint density at radius 2 is 2.26 bits per heavy atom. The predicted octanol–water partition coefficient (Wildman–Crippen LogP) is 1.73. The van der Waals surface area contributed by atoms with Crippen molar-refractivity contribution < 1.29 is 24.2 Å². The number of pyridine rings is 1. The van der Waals surface area contributed by atoms with Gasteiger partial charge in [-0.25, -0.2) is 9.78 Å². The number of carboxylic acids is 1. The van der Waals surface area contributed by atoms with Crippen molar-refractivity contribution in [3.05, 3.63) is 22.4 Å². The molecule has 0 amide bonds. The van der Waals surface area contributed by atoms with E-state index in [1.165, 1.54) is 7.11 Å². The number of carboxylic acid groups (broad SMARTS) is 1. The van der Waals surface area contributed by atoms with E-state index in [-0.39, 0.29) is 24.1 Å². The maximum absolute atomic E-state index is 11.5. The van der Waals surface area contributed by atoms with Gasteiger partial charge in [-0.3, -0.25) is 4.79 Å². The Bertz CT molecular complexity index is 519. The van der Waals surface area contributed by atoms with Crippen LogP contribution in [0.25, 0.3) is 0 Å². The van der Waals surface area contributed by atoms with Gasteiger partial charge in [-0.15, -0.1) is 0 Å². The van der Waals surface area contributed by atoms with Gasteiger partial charge in [0.15, 0.2) is 11.4 Å². The van der Waals surface area contributed by atoms with E-state index in [1.807, 2.05) is 0 Å². The average molecular weight is 330 g/mol. The molecule has 0 bridgehead atoms. The summed E-state index contributed by atoms with van der Waals surface area (Å²) < 4.78 is 10.6. The predicted molar refractivity (Wildman–Crippen MR) is 68.0 cm³/mol. The monoisotopic (exact) mass is 329 g/mol. The number of esters is 1. The van der Waals surface area contributed by atoms with Gasteiger partial charge in [0, 0.05) is 5.92 Å². The first-order chi connectivity index (χ1) is 9.02. The summed E-state index contributed by atoms with van der Waals surface area (Å²) in [6.45, 7) is 0.254. The van der Waals surface area contributed by atoms with Gasteiger partial charge in [0.25, 0.3) is 0 Å². The van der Waals surface area contributed by atoms with Gasteiger partial charge in [0.2, 0.25) is 0 Å². The summed E-state index contributed by atoms with van der Waals surface area (Å²) in [4.78, 5) is 26.2. The maximum Gasteiger partial charge on any atom is 0.360 e. The van der Waals surface area contributed by atoms with E-state index in [4.69, 9.17) is 9.84 Å². The number of aliphatic carboxylic acids is 1. The van der Waals surface area contributed by atoms with E-state index >= 15 is 0 Å². The van der Waals surface area contributed by atoms with Crippen LogP contribution in [0.15, 0.2) is 16.7 Å². The van der Waals surface area contributed by atoms with Crippen LogP contribution in [0.3, 0.4) is 0 Å². The van der Waals surface area contributed by atoms with Crippen molar-refractivity contribution in [3.63, 3.8) is 0 Å². The first-order valence-electron chi connectivity index (χ1n) is 5.63. The number of carbonyl (C=O) groups excluding carboxylic acids is 1. The van der Waals surface area contributed by atoms with Crippen LogP contribution in [0.1, 0.15) is 16.9 Å². The average Bonchev–Trinajstić information content (AvgIpc) is 3.16. The third-order valence-corrected chi connectivity index (χ3v) is 3.34. The number of ether oxygens (including phenoxy) is 2. The Morgan fingerprint density at radius 1 is 1.53 bits per heavy atom. The zero-order valence-electron chi connectivity index (χ0n) is 10.1. The molecular formula is C12H12BrNO5. The van der Waals surface area contributed by atoms with Crippen molar-refractivity contribution in [2.75, 3.05) is 13.7 Å². The van der Waals surface area contributed by atoms with E-state index in [1.54, 1.807) is 12.1 Å². The Hall–Kier alpha value is -1.63. The van der Waals surface area contributed by atoms with Crippen LogP contribution < -0.4 is 4.74 Å². The molecule has 1 aliphatic carbocycles. The van der Waals surface area contributed by atoms with Crippen LogP contribution in [0.5, 0.6) is 5.75 Å². The molecule has 2 rings (SSSR count). The summed E-state index contributed by atoms with van der Waals surface area (Å²) in [6.07, 6.45) is 0.604. The fourth-order valence-electron chi connectivity index (χ4n) is 1.71. The van der Waals surface area contributed by atoms with Crippen LogP contribution in [0.4, 0.5) is 0 Å². The van der Waals surface area contributed by atoms with E-state index < -0.39 is 11.9 Å². The molecule has 1 saturated carbocycles. The SMILES string of the molecule is COC(=O)c1nc(Br)ccc1OC[C@@H]1C[C@H]1C(=O)O. The number of aromatic nitrogens is 1. The first-order valence-corrected chi connectivity index (χ1v) is 6.42. The third-order valence-electron chi connectivity index (χ3n) is 2.90. The normalized spacial score (nSPS) is 20.7. The number of hydrogen-bond donors (Lipinski definition) is 1. The minimum absolute atomic E-state index is 0.00774. The second-order valence-electron chi connectivity index (χ2n) is 4.22. The van der Waals surface area contributed by atoms with Gasteiger partial charge in [0.1, 0.15) is 4.60 Å². The fourth-order valence-corrected chi connectivity index (χ4v) is 2.02. The lowest BCUT2D eigenvalue weighted by atomic mass is 10.3. The third kappa shape index (κ3) is 3.23. The summed E-state index contributed by atoms with van der Waals surface area (Å²) in [5, 5.41) is 8.79. The minimum atomic E-state index is -0.810. The first kappa shape index (κ1) is 13.8. The molecule has 1 heterocycles. The van der Waals surface area contributed by atoms with Crippen LogP contribution in [0, 0.1) is 11.8 Å². The van der Waals surface area contributed by atoms with Gasteiger partial charge in [0.05, 0.1) is 19.6 Å². The highest BCUT2D eigenvalue weighted by molar-refractivity contribution is 9.10. The minimum Gasteiger partial charge on any atom is -0.491 e. The standard InChI is InChI=1S/C12H12BrNO5/c1-18-12(17)10-8(2-3-9(13)14-10)19-5-6-4-7(6)11(15)16/h2-3,6-7H,4-5H2,1H3,(H,15,16)/t6-,7+/m0/s1. The van der Waals surface area contributed by atoms with Crippen LogP contribution in [0.2, 0.25) is 0 Å². The molecule has 0 unspecified atom stereocenters. The molecule has 1 fully saturated rings. The lowest BCUT2D eigenvalue weighted by Gasteiger charge is -2.09. The largest absolute Gasteiger partial charge is 0.491 e. The van der Waals surface area contributed by atoms with Gasteiger partial charge < -0.3 is 14.6 Å². The fraction of sp³-hybridized carbons (Fsp3) is 0.417. The summed E-state index contributed by atoms with van der Waals surface area (Å²) in [7, 11) is 1.26. The second-order valence-corrected chi connectivity index (χ2v) is 5.04. The number of rotatable bonds is 5. The molecule has 102 valence electrons. The lowest BCUT2D eigenvalue weighted by Crippen LogP contribution is -2.11. The molecule has 1 aromatic rings. The summed E-state index contributed by atoms with van der Waals surface area (Å²) in [5.74, 6) is -1.46. The number of methoxy groups -OCH3 is 1. The molecule has 0 aromatic carbocycles. The lowest BCUT2D eigenvalue weighted by molar-refractivity contribution is -0.138. The smallest absolute Gasteiger partial charge is 0.360 e. The topological polar surface area (TPSA) is 85.7 Å². The molecule has 0 spiro atoms. The number of halogens is 1. The van der Waals surface area contributed by atoms with Gasteiger partial charge in [-0.2, -0.15) is 0 Å². The van der Waals surface area contributed by atoms with Crippen molar-refractivity contribution in [3.8, 4) is 5.75 Å². The molecule has 2 atom stereocenters. The summed E-state index contributed by atoms with van der Waals surface area (Å²) in [6, 6.07) is 3.24. The van der Waals surface area contributed by atoms with E-state index in [0.29, 0.717) is 16.8 Å². The Morgan fingerprint density at radius 3 is 2.84 bits per heavy atom. The van der Waals surface area contributed by atoms with E-state index in [2.05, 4.69) is 25.7 Å². The molecule has 6 nitrogen and oxygen atoms in total. The quantitative estimate of drug-likeness (QED) is 0.654. The van der Waals surface area contributed by atoms with Gasteiger partial charge in [-0.05, 0) is 34.5 Å². The van der Waals surface area contributed by atoms with Crippen LogP contribution in [-0.4, -0.2) is 35.7 Å². The molecule has 0 aliphatic heterocycles. The molecule has 0 radical (unpaired) electrons. The molecule has 1 N–H and O–H groups in total. The summed E-state index contributed by atoms with van der Waals surface area (Å²) in [5.41, 5.74) is 0.0735. The Labute approximate surface area is 117 Å².